The predicted octanol–water partition coefficient (Wildman–Crippen LogP) is 3.91. The minimum Gasteiger partial charge on any atom is -0.445 e. The van der Waals surface area contributed by atoms with Crippen molar-refractivity contribution >= 4 is 27.7 Å². The molecule has 0 saturated carbocycles. The second kappa shape index (κ2) is 7.51. The number of benzene rings is 2. The summed E-state index contributed by atoms with van der Waals surface area (Å²) in [6, 6.07) is 18.0. The van der Waals surface area contributed by atoms with Crippen LogP contribution in [0.2, 0.25) is 0 Å². The van der Waals surface area contributed by atoms with Gasteiger partial charge < -0.3 is 14.5 Å². The zero-order chi connectivity index (χ0) is 16.1. The van der Waals surface area contributed by atoms with E-state index < -0.39 is 0 Å². The van der Waals surface area contributed by atoms with Gasteiger partial charge in [0, 0.05) is 36.3 Å². The molecule has 1 aliphatic rings. The molecule has 1 aliphatic heterocycles. The van der Waals surface area contributed by atoms with Gasteiger partial charge in [-0.25, -0.2) is 4.79 Å². The second-order valence-electron chi connectivity index (χ2n) is 5.49. The van der Waals surface area contributed by atoms with Crippen LogP contribution in [0, 0.1) is 0 Å². The van der Waals surface area contributed by atoms with Crippen molar-refractivity contribution < 1.29 is 9.53 Å². The first kappa shape index (κ1) is 15.9. The van der Waals surface area contributed by atoms with Crippen molar-refractivity contribution in [1.29, 1.82) is 0 Å². The van der Waals surface area contributed by atoms with Gasteiger partial charge in [0.2, 0.25) is 0 Å². The zero-order valence-electron chi connectivity index (χ0n) is 12.8. The number of halogens is 1. The van der Waals surface area contributed by atoms with E-state index in [4.69, 9.17) is 4.74 Å². The Balaban J connectivity index is 1.49. The number of carbonyl (C=O) groups is 1. The minimum atomic E-state index is -0.234. The Kier molecular flexibility index (Phi) is 5.18. The smallest absolute Gasteiger partial charge is 0.410 e. The molecule has 0 unspecified atom stereocenters. The van der Waals surface area contributed by atoms with Crippen molar-refractivity contribution in [2.75, 3.05) is 31.1 Å². The quantitative estimate of drug-likeness (QED) is 0.816. The standard InChI is InChI=1S/C18H19BrN2O2/c19-16-7-4-8-17(13-16)20-9-11-21(12-10-20)18(22)23-14-15-5-2-1-3-6-15/h1-8,13H,9-12,14H2. The lowest BCUT2D eigenvalue weighted by molar-refractivity contribution is 0.0942. The molecule has 0 N–H and O–H groups in total. The van der Waals surface area contributed by atoms with Crippen molar-refractivity contribution in [3.05, 3.63) is 64.6 Å². The number of carbonyl (C=O) groups excluding carboxylic acids is 1. The fourth-order valence-corrected chi connectivity index (χ4v) is 3.02. The molecule has 2 aromatic carbocycles. The van der Waals surface area contributed by atoms with Gasteiger partial charge >= 0.3 is 6.09 Å². The fourth-order valence-electron chi connectivity index (χ4n) is 2.63. The summed E-state index contributed by atoms with van der Waals surface area (Å²) in [5.41, 5.74) is 2.19. The molecule has 0 spiro atoms. The van der Waals surface area contributed by atoms with Crippen LogP contribution in [0.3, 0.4) is 0 Å². The van der Waals surface area contributed by atoms with Gasteiger partial charge in [0.15, 0.2) is 0 Å². The van der Waals surface area contributed by atoms with E-state index >= 15 is 0 Å². The fraction of sp³-hybridized carbons (Fsp3) is 0.278. The van der Waals surface area contributed by atoms with Gasteiger partial charge in [0.05, 0.1) is 0 Å². The van der Waals surface area contributed by atoms with Gasteiger partial charge in [-0.2, -0.15) is 0 Å². The molecule has 0 aliphatic carbocycles. The zero-order valence-corrected chi connectivity index (χ0v) is 14.4. The van der Waals surface area contributed by atoms with Crippen molar-refractivity contribution in [3.63, 3.8) is 0 Å². The molecule has 1 saturated heterocycles. The average Bonchev–Trinajstić information content (AvgIpc) is 2.61. The predicted molar refractivity (Wildman–Crippen MR) is 94.6 cm³/mol. The number of piperazine rings is 1. The van der Waals surface area contributed by atoms with E-state index in [2.05, 4.69) is 33.0 Å². The van der Waals surface area contributed by atoms with Crippen LogP contribution >= 0.6 is 15.9 Å². The summed E-state index contributed by atoms with van der Waals surface area (Å²) in [6.07, 6.45) is -0.234. The molecule has 0 bridgehead atoms. The van der Waals surface area contributed by atoms with Crippen molar-refractivity contribution in [1.82, 2.24) is 4.90 Å². The Bertz CT molecular complexity index is 655. The first-order chi connectivity index (χ1) is 11.2. The molecule has 120 valence electrons. The second-order valence-corrected chi connectivity index (χ2v) is 6.41. The van der Waals surface area contributed by atoms with Gasteiger partial charge in [0.1, 0.15) is 6.61 Å². The summed E-state index contributed by atoms with van der Waals surface area (Å²) in [6.45, 7) is 3.32. The molecular formula is C18H19BrN2O2. The molecular weight excluding hydrogens is 356 g/mol. The lowest BCUT2D eigenvalue weighted by atomic mass is 10.2. The number of hydrogen-bond acceptors (Lipinski definition) is 3. The van der Waals surface area contributed by atoms with E-state index in [1.165, 1.54) is 5.69 Å². The maximum atomic E-state index is 12.1. The number of anilines is 1. The molecule has 4 nitrogen and oxygen atoms in total. The third-order valence-electron chi connectivity index (χ3n) is 3.92. The SMILES string of the molecule is O=C(OCc1ccccc1)N1CCN(c2cccc(Br)c2)CC1. The summed E-state index contributed by atoms with van der Waals surface area (Å²) < 4.78 is 6.46. The largest absolute Gasteiger partial charge is 0.445 e. The maximum absolute atomic E-state index is 12.1. The third-order valence-corrected chi connectivity index (χ3v) is 4.41. The summed E-state index contributed by atoms with van der Waals surface area (Å²) in [5, 5.41) is 0. The Hall–Kier alpha value is -2.01. The lowest BCUT2D eigenvalue weighted by Crippen LogP contribution is -2.48. The first-order valence-corrected chi connectivity index (χ1v) is 8.48. The summed E-state index contributed by atoms with van der Waals surface area (Å²) in [4.78, 5) is 16.2. The van der Waals surface area contributed by atoms with Gasteiger partial charge in [-0.15, -0.1) is 0 Å². The molecule has 3 rings (SSSR count). The summed E-state index contributed by atoms with van der Waals surface area (Å²) in [5.74, 6) is 0. The van der Waals surface area contributed by atoms with Gasteiger partial charge in [-0.3, -0.25) is 0 Å². The highest BCUT2D eigenvalue weighted by molar-refractivity contribution is 9.10. The van der Waals surface area contributed by atoms with Crippen LogP contribution in [-0.2, 0) is 11.3 Å². The Labute approximate surface area is 144 Å². The topological polar surface area (TPSA) is 32.8 Å². The number of nitrogens with zero attached hydrogens (tertiary/aromatic N) is 2. The lowest BCUT2D eigenvalue weighted by Gasteiger charge is -2.35. The number of amides is 1. The summed E-state index contributed by atoms with van der Waals surface area (Å²) >= 11 is 3.50. The van der Waals surface area contributed by atoms with Crippen LogP contribution in [-0.4, -0.2) is 37.2 Å². The number of rotatable bonds is 3. The van der Waals surface area contributed by atoms with Crippen molar-refractivity contribution in [2.45, 2.75) is 6.61 Å². The molecule has 2 aromatic rings. The van der Waals surface area contributed by atoms with Crippen LogP contribution in [0.5, 0.6) is 0 Å². The third kappa shape index (κ3) is 4.26. The number of hydrogen-bond donors (Lipinski definition) is 0. The van der Waals surface area contributed by atoms with Crippen molar-refractivity contribution in [3.8, 4) is 0 Å². The average molecular weight is 375 g/mol. The number of ether oxygens (including phenoxy) is 1. The van der Waals surface area contributed by atoms with Gasteiger partial charge in [-0.1, -0.05) is 52.3 Å². The van der Waals surface area contributed by atoms with Crippen LogP contribution in [0.15, 0.2) is 59.1 Å². The molecule has 1 fully saturated rings. The highest BCUT2D eigenvalue weighted by Gasteiger charge is 2.22. The molecule has 1 amide bonds. The highest BCUT2D eigenvalue weighted by Crippen LogP contribution is 2.21. The molecule has 5 heteroatoms. The monoisotopic (exact) mass is 374 g/mol. The molecule has 1 heterocycles. The van der Waals surface area contributed by atoms with E-state index in [-0.39, 0.29) is 6.09 Å². The summed E-state index contributed by atoms with van der Waals surface area (Å²) in [7, 11) is 0. The Morgan fingerprint density at radius 2 is 1.74 bits per heavy atom. The highest BCUT2D eigenvalue weighted by atomic mass is 79.9. The molecule has 0 radical (unpaired) electrons. The Morgan fingerprint density at radius 1 is 1.00 bits per heavy atom. The van der Waals surface area contributed by atoms with E-state index in [1.54, 1.807) is 4.90 Å². The van der Waals surface area contributed by atoms with Gasteiger partial charge in [-0.05, 0) is 23.8 Å². The van der Waals surface area contributed by atoms with Crippen LogP contribution < -0.4 is 4.90 Å². The van der Waals surface area contributed by atoms with E-state index in [0.717, 1.165) is 23.1 Å². The van der Waals surface area contributed by atoms with Crippen LogP contribution in [0.25, 0.3) is 0 Å². The van der Waals surface area contributed by atoms with E-state index in [1.807, 2.05) is 42.5 Å². The van der Waals surface area contributed by atoms with Crippen LogP contribution in [0.4, 0.5) is 10.5 Å². The maximum Gasteiger partial charge on any atom is 0.410 e. The minimum absolute atomic E-state index is 0.234. The first-order valence-electron chi connectivity index (χ1n) is 7.68. The Morgan fingerprint density at radius 3 is 2.43 bits per heavy atom. The normalized spacial score (nSPS) is 14.7. The van der Waals surface area contributed by atoms with E-state index in [9.17, 15) is 4.79 Å². The van der Waals surface area contributed by atoms with Crippen molar-refractivity contribution in [2.24, 2.45) is 0 Å². The van der Waals surface area contributed by atoms with Gasteiger partial charge in [0.25, 0.3) is 0 Å². The van der Waals surface area contributed by atoms with Crippen LogP contribution in [0.1, 0.15) is 5.56 Å². The molecule has 0 atom stereocenters. The molecule has 23 heavy (non-hydrogen) atoms. The van der Waals surface area contributed by atoms with E-state index in [0.29, 0.717) is 19.7 Å². The molecule has 0 aromatic heterocycles.